The van der Waals surface area contributed by atoms with Crippen LogP contribution in [0.4, 0.5) is 0 Å². The van der Waals surface area contributed by atoms with Crippen LogP contribution in [-0.2, 0) is 0 Å². The third kappa shape index (κ3) is 3.14. The fourth-order valence-corrected chi connectivity index (χ4v) is 1.63. The first-order valence-corrected chi connectivity index (χ1v) is 5.33. The summed E-state index contributed by atoms with van der Waals surface area (Å²) < 4.78 is 5.65. The molecule has 0 amide bonds. The average molecular weight is 241 g/mol. The highest BCUT2D eigenvalue weighted by atomic mass is 35.5. The van der Waals surface area contributed by atoms with E-state index in [0.717, 1.165) is 23.8 Å². The van der Waals surface area contributed by atoms with Crippen molar-refractivity contribution in [2.75, 3.05) is 6.61 Å². The van der Waals surface area contributed by atoms with Crippen LogP contribution in [0.3, 0.4) is 0 Å². The van der Waals surface area contributed by atoms with Crippen LogP contribution in [0.1, 0.15) is 24.8 Å². The van der Waals surface area contributed by atoms with Gasteiger partial charge in [-0.2, -0.15) is 0 Å². The smallest absolute Gasteiger partial charge is 0.122 e. The van der Waals surface area contributed by atoms with Crippen LogP contribution in [0.5, 0.6) is 5.75 Å². The molecule has 4 heteroatoms. The maximum absolute atomic E-state index is 7.32. The molecule has 0 atom stereocenters. The second-order valence-electron chi connectivity index (χ2n) is 4.05. The van der Waals surface area contributed by atoms with E-state index in [-0.39, 0.29) is 18.2 Å². The summed E-state index contributed by atoms with van der Waals surface area (Å²) in [5, 5.41) is 7.32. The van der Waals surface area contributed by atoms with Gasteiger partial charge in [-0.15, -0.1) is 12.4 Å². The number of benzene rings is 1. The first-order valence-electron chi connectivity index (χ1n) is 5.33. The number of rotatable bonds is 4. The van der Waals surface area contributed by atoms with Gasteiger partial charge in [-0.25, -0.2) is 0 Å². The third-order valence-electron chi connectivity index (χ3n) is 2.86. The van der Waals surface area contributed by atoms with Crippen LogP contribution < -0.4 is 10.5 Å². The molecule has 16 heavy (non-hydrogen) atoms. The van der Waals surface area contributed by atoms with E-state index < -0.39 is 0 Å². The predicted molar refractivity (Wildman–Crippen MR) is 67.5 cm³/mol. The molecule has 88 valence electrons. The van der Waals surface area contributed by atoms with Gasteiger partial charge in [0, 0.05) is 5.56 Å². The highest BCUT2D eigenvalue weighted by Crippen LogP contribution is 2.27. The Morgan fingerprint density at radius 3 is 2.75 bits per heavy atom. The zero-order valence-electron chi connectivity index (χ0n) is 9.11. The van der Waals surface area contributed by atoms with Crippen molar-refractivity contribution in [1.82, 2.24) is 0 Å². The number of nitrogens with one attached hydrogen (secondary N) is 1. The summed E-state index contributed by atoms with van der Waals surface area (Å²) in [5.74, 6) is 1.63. The highest BCUT2D eigenvalue weighted by Gasteiger charge is 2.17. The zero-order chi connectivity index (χ0) is 10.7. The van der Waals surface area contributed by atoms with Crippen molar-refractivity contribution in [1.29, 1.82) is 5.41 Å². The Hall–Kier alpha value is -1.22. The fraction of sp³-hybridized carbons (Fsp3) is 0.417. The number of amidine groups is 1. The molecule has 0 bridgehead atoms. The van der Waals surface area contributed by atoms with Crippen LogP contribution in [0, 0.1) is 11.3 Å². The fourth-order valence-electron chi connectivity index (χ4n) is 1.63. The van der Waals surface area contributed by atoms with Gasteiger partial charge in [0.15, 0.2) is 0 Å². The largest absolute Gasteiger partial charge is 0.493 e. The van der Waals surface area contributed by atoms with Crippen molar-refractivity contribution in [3.05, 3.63) is 29.8 Å². The molecular weight excluding hydrogens is 224 g/mol. The van der Waals surface area contributed by atoms with Crippen LogP contribution in [0.15, 0.2) is 24.3 Å². The number of nitrogen functional groups attached to an aromatic ring is 1. The first kappa shape index (κ1) is 12.8. The molecule has 0 aliphatic heterocycles. The molecular formula is C12H17ClN2O. The summed E-state index contributed by atoms with van der Waals surface area (Å²) >= 11 is 0. The van der Waals surface area contributed by atoms with Crippen LogP contribution >= 0.6 is 12.4 Å². The van der Waals surface area contributed by atoms with E-state index in [1.165, 1.54) is 19.3 Å². The SMILES string of the molecule is Cl.N=C(N)c1cccc(OCC2CCC2)c1. The maximum Gasteiger partial charge on any atom is 0.122 e. The lowest BCUT2D eigenvalue weighted by Gasteiger charge is -2.25. The maximum atomic E-state index is 7.32. The zero-order valence-corrected chi connectivity index (χ0v) is 9.93. The van der Waals surface area contributed by atoms with Gasteiger partial charge in [0.25, 0.3) is 0 Å². The van der Waals surface area contributed by atoms with E-state index in [4.69, 9.17) is 15.9 Å². The van der Waals surface area contributed by atoms with Gasteiger partial charge in [-0.05, 0) is 30.9 Å². The summed E-state index contributed by atoms with van der Waals surface area (Å²) in [5.41, 5.74) is 6.13. The molecule has 0 saturated heterocycles. The molecule has 1 aliphatic carbocycles. The van der Waals surface area contributed by atoms with Crippen molar-refractivity contribution in [2.24, 2.45) is 11.7 Å². The lowest BCUT2D eigenvalue weighted by molar-refractivity contribution is 0.180. The van der Waals surface area contributed by atoms with Gasteiger partial charge in [-0.1, -0.05) is 18.6 Å². The molecule has 0 heterocycles. The minimum atomic E-state index is 0. The minimum Gasteiger partial charge on any atom is -0.493 e. The van der Waals surface area contributed by atoms with Gasteiger partial charge in [0.1, 0.15) is 11.6 Å². The number of hydrogen-bond acceptors (Lipinski definition) is 2. The normalized spacial score (nSPS) is 14.8. The second kappa shape index (κ2) is 5.75. The summed E-state index contributed by atoms with van der Waals surface area (Å²) in [4.78, 5) is 0. The van der Waals surface area contributed by atoms with Gasteiger partial charge < -0.3 is 10.5 Å². The molecule has 0 spiro atoms. The molecule has 3 nitrogen and oxygen atoms in total. The number of halogens is 1. The first-order chi connectivity index (χ1) is 7.25. The van der Waals surface area contributed by atoms with Crippen LogP contribution in [-0.4, -0.2) is 12.4 Å². The molecule has 1 aromatic rings. The van der Waals surface area contributed by atoms with Crippen molar-refractivity contribution in [2.45, 2.75) is 19.3 Å². The van der Waals surface area contributed by atoms with Crippen LogP contribution in [0.25, 0.3) is 0 Å². The number of nitrogens with two attached hydrogens (primary N) is 1. The Balaban J connectivity index is 0.00000128. The molecule has 1 fully saturated rings. The van der Waals surface area contributed by atoms with Crippen molar-refractivity contribution < 1.29 is 4.74 Å². The van der Waals surface area contributed by atoms with E-state index in [1.807, 2.05) is 24.3 Å². The van der Waals surface area contributed by atoms with E-state index >= 15 is 0 Å². The summed E-state index contributed by atoms with van der Waals surface area (Å²) in [6.45, 7) is 0.793. The summed E-state index contributed by atoms with van der Waals surface area (Å²) in [6.07, 6.45) is 3.90. The predicted octanol–water partition coefficient (Wildman–Crippen LogP) is 2.57. The van der Waals surface area contributed by atoms with Crippen molar-refractivity contribution in [3.63, 3.8) is 0 Å². The monoisotopic (exact) mass is 240 g/mol. The number of ether oxygens (including phenoxy) is 1. The quantitative estimate of drug-likeness (QED) is 0.628. The molecule has 0 aromatic heterocycles. The number of hydrogen-bond donors (Lipinski definition) is 2. The van der Waals surface area contributed by atoms with E-state index in [9.17, 15) is 0 Å². The lowest BCUT2D eigenvalue weighted by Crippen LogP contribution is -2.19. The molecule has 2 rings (SSSR count). The van der Waals surface area contributed by atoms with Crippen LogP contribution in [0.2, 0.25) is 0 Å². The molecule has 0 unspecified atom stereocenters. The van der Waals surface area contributed by atoms with Crippen molar-refractivity contribution in [3.8, 4) is 5.75 Å². The Kier molecular flexibility index (Phi) is 4.62. The van der Waals surface area contributed by atoms with Gasteiger partial charge in [0.2, 0.25) is 0 Å². The second-order valence-corrected chi connectivity index (χ2v) is 4.05. The van der Waals surface area contributed by atoms with Gasteiger partial charge >= 0.3 is 0 Å². The van der Waals surface area contributed by atoms with E-state index in [0.29, 0.717) is 0 Å². The molecule has 1 aliphatic rings. The standard InChI is InChI=1S/C12H16N2O.ClH/c13-12(14)10-5-2-6-11(7-10)15-8-9-3-1-4-9;/h2,5-7,9H,1,3-4,8H2,(H3,13,14);1H. The average Bonchev–Trinajstić information content (AvgIpc) is 2.16. The molecule has 1 saturated carbocycles. The summed E-state index contributed by atoms with van der Waals surface area (Å²) in [7, 11) is 0. The van der Waals surface area contributed by atoms with Gasteiger partial charge in [0.05, 0.1) is 6.61 Å². The van der Waals surface area contributed by atoms with Gasteiger partial charge in [-0.3, -0.25) is 5.41 Å². The molecule has 0 radical (unpaired) electrons. The molecule has 3 N–H and O–H groups in total. The highest BCUT2D eigenvalue weighted by molar-refractivity contribution is 5.95. The lowest BCUT2D eigenvalue weighted by atomic mass is 9.86. The topological polar surface area (TPSA) is 59.1 Å². The Morgan fingerprint density at radius 1 is 1.44 bits per heavy atom. The molecule has 1 aromatic carbocycles. The Bertz CT molecular complexity index is 364. The Labute approximate surface area is 102 Å². The summed E-state index contributed by atoms with van der Waals surface area (Å²) in [6, 6.07) is 7.41. The third-order valence-corrected chi connectivity index (χ3v) is 2.86. The minimum absolute atomic E-state index is 0. The van der Waals surface area contributed by atoms with Crippen molar-refractivity contribution >= 4 is 18.2 Å². The van der Waals surface area contributed by atoms with E-state index in [1.54, 1.807) is 0 Å². The van der Waals surface area contributed by atoms with E-state index in [2.05, 4.69) is 0 Å². The Morgan fingerprint density at radius 2 is 2.19 bits per heavy atom.